The van der Waals surface area contributed by atoms with Crippen molar-refractivity contribution in [2.75, 3.05) is 6.16 Å². The first-order valence-corrected chi connectivity index (χ1v) is 11.8. The van der Waals surface area contributed by atoms with Crippen LogP contribution in [0.1, 0.15) is 24.8 Å². The van der Waals surface area contributed by atoms with Crippen molar-refractivity contribution in [1.29, 1.82) is 0 Å². The molecule has 3 aromatic carbocycles. The summed E-state index contributed by atoms with van der Waals surface area (Å²) in [5.74, 6) is 0.403. The van der Waals surface area contributed by atoms with Crippen molar-refractivity contribution < 1.29 is 5.11 Å². The Kier molecular flexibility index (Phi) is 6.85. The zero-order valence-corrected chi connectivity index (χ0v) is 16.7. The summed E-state index contributed by atoms with van der Waals surface area (Å²) in [5, 5.41) is 13.3. The van der Waals surface area contributed by atoms with Crippen LogP contribution < -0.4 is 10.6 Å². The minimum atomic E-state index is -1.68. The molecule has 138 valence electrons. The lowest BCUT2D eigenvalue weighted by atomic mass is 10.2. The van der Waals surface area contributed by atoms with Gasteiger partial charge in [-0.15, -0.1) is 6.58 Å². The second kappa shape index (κ2) is 9.53. The number of benzene rings is 3. The van der Waals surface area contributed by atoms with Crippen molar-refractivity contribution in [3.8, 4) is 5.75 Å². The lowest BCUT2D eigenvalue weighted by Gasteiger charge is -2.28. The normalized spacial score (nSPS) is 11.3. The third-order valence-electron chi connectivity index (χ3n) is 5.13. The van der Waals surface area contributed by atoms with Gasteiger partial charge in [0.2, 0.25) is 0 Å². The van der Waals surface area contributed by atoms with Crippen molar-refractivity contribution in [2.45, 2.75) is 25.4 Å². The smallest absolute Gasteiger partial charge is 0.122 e. The molecule has 27 heavy (non-hydrogen) atoms. The first kappa shape index (κ1) is 19.4. The molecule has 1 N–H and O–H groups in total. The number of aromatic hydroxyl groups is 1. The van der Waals surface area contributed by atoms with Gasteiger partial charge < -0.3 is 5.11 Å². The van der Waals surface area contributed by atoms with Crippen LogP contribution in [-0.4, -0.2) is 11.3 Å². The molecule has 0 aromatic heterocycles. The predicted molar refractivity (Wildman–Crippen MR) is 120 cm³/mol. The molecule has 0 saturated heterocycles. The van der Waals surface area contributed by atoms with E-state index >= 15 is 0 Å². The second-order valence-electron chi connectivity index (χ2n) is 6.93. The molecule has 3 aromatic rings. The largest absolute Gasteiger partial charge is 0.508 e. The molecule has 0 atom stereocenters. The maximum Gasteiger partial charge on any atom is 0.122 e. The Morgan fingerprint density at radius 2 is 1.30 bits per heavy atom. The van der Waals surface area contributed by atoms with E-state index in [1.165, 1.54) is 10.6 Å². The molecule has 0 fully saturated rings. The van der Waals surface area contributed by atoms with Gasteiger partial charge in [-0.05, 0) is 49.6 Å². The van der Waals surface area contributed by atoms with Gasteiger partial charge in [-0.25, -0.2) is 0 Å². The molecule has 0 bridgehead atoms. The highest BCUT2D eigenvalue weighted by atomic mass is 31.2. The van der Waals surface area contributed by atoms with Crippen LogP contribution in [0.15, 0.2) is 97.6 Å². The van der Waals surface area contributed by atoms with E-state index in [1.54, 1.807) is 6.07 Å². The Hall–Kier alpha value is -2.37. The standard InChI is InChI=1S/C25H27OP/c1-2-3-4-13-20-27(23-15-7-5-8-16-23,24-17-9-6-10-18-24)21-22-14-11-12-19-25(22)26/h2,5-12,14-19H,1,3-4,13,20-21H2/p+1. The fourth-order valence-electron chi connectivity index (χ4n) is 3.70. The molecule has 0 heterocycles. The third-order valence-corrected chi connectivity index (χ3v) is 9.66. The molecule has 0 unspecified atom stereocenters. The number of rotatable bonds is 9. The molecular formula is C25H28OP+. The minimum absolute atomic E-state index is 0.403. The third kappa shape index (κ3) is 4.67. The zero-order valence-electron chi connectivity index (χ0n) is 15.8. The average molecular weight is 375 g/mol. The summed E-state index contributed by atoms with van der Waals surface area (Å²) >= 11 is 0. The summed E-state index contributed by atoms with van der Waals surface area (Å²) in [6.45, 7) is 3.87. The summed E-state index contributed by atoms with van der Waals surface area (Å²) in [6, 6.07) is 29.6. The number of phenolic OH excluding ortho intramolecular Hbond substituents is 1. The quantitative estimate of drug-likeness (QED) is 0.280. The van der Waals surface area contributed by atoms with Crippen LogP contribution in [0.2, 0.25) is 0 Å². The first-order valence-electron chi connectivity index (χ1n) is 9.62. The number of phenols is 1. The van der Waals surface area contributed by atoms with Gasteiger partial charge in [-0.3, -0.25) is 0 Å². The zero-order chi connectivity index (χ0) is 19.0. The molecule has 2 heteroatoms. The monoisotopic (exact) mass is 375 g/mol. The minimum Gasteiger partial charge on any atom is -0.508 e. The number of unbranched alkanes of at least 4 members (excludes halogenated alkanes) is 2. The highest BCUT2D eigenvalue weighted by Gasteiger charge is 2.42. The van der Waals surface area contributed by atoms with E-state index < -0.39 is 7.26 Å². The summed E-state index contributed by atoms with van der Waals surface area (Å²) in [4.78, 5) is 0. The van der Waals surface area contributed by atoms with E-state index in [4.69, 9.17) is 0 Å². The van der Waals surface area contributed by atoms with Crippen LogP contribution in [0.5, 0.6) is 5.75 Å². The van der Waals surface area contributed by atoms with Gasteiger partial charge in [0, 0.05) is 5.56 Å². The second-order valence-corrected chi connectivity index (χ2v) is 10.7. The van der Waals surface area contributed by atoms with Crippen LogP contribution in [0, 0.1) is 0 Å². The van der Waals surface area contributed by atoms with Gasteiger partial charge in [-0.1, -0.05) is 60.7 Å². The van der Waals surface area contributed by atoms with Crippen LogP contribution in [0.3, 0.4) is 0 Å². The molecule has 0 aliphatic carbocycles. The first-order chi connectivity index (χ1) is 13.3. The van der Waals surface area contributed by atoms with Gasteiger partial charge in [0.05, 0.1) is 30.2 Å². The molecular weight excluding hydrogens is 347 g/mol. The molecule has 1 nitrogen and oxygen atoms in total. The number of hydrogen-bond donors (Lipinski definition) is 1. The van der Waals surface area contributed by atoms with Crippen molar-refractivity contribution in [3.63, 3.8) is 0 Å². The Morgan fingerprint density at radius 3 is 1.85 bits per heavy atom. The van der Waals surface area contributed by atoms with Gasteiger partial charge in [-0.2, -0.15) is 0 Å². The van der Waals surface area contributed by atoms with E-state index in [0.717, 1.165) is 37.1 Å². The molecule has 0 amide bonds. The van der Waals surface area contributed by atoms with E-state index in [0.29, 0.717) is 5.75 Å². The van der Waals surface area contributed by atoms with Crippen LogP contribution in [-0.2, 0) is 6.16 Å². The predicted octanol–water partition coefficient (Wildman–Crippen LogP) is 5.92. The maximum atomic E-state index is 10.5. The maximum absolute atomic E-state index is 10.5. The molecule has 0 saturated carbocycles. The number of allylic oxidation sites excluding steroid dienone is 1. The number of para-hydroxylation sites is 1. The molecule has 0 radical (unpaired) electrons. The summed E-state index contributed by atoms with van der Waals surface area (Å²) in [7, 11) is -1.68. The summed E-state index contributed by atoms with van der Waals surface area (Å²) in [6.07, 6.45) is 7.42. The SMILES string of the molecule is C=CCCCC[P+](Cc1ccccc1O)(c1ccccc1)c1ccccc1. The molecule has 0 spiro atoms. The van der Waals surface area contributed by atoms with Gasteiger partial charge in [0.25, 0.3) is 0 Å². The topological polar surface area (TPSA) is 20.2 Å². The van der Waals surface area contributed by atoms with E-state index in [-0.39, 0.29) is 0 Å². The van der Waals surface area contributed by atoms with Gasteiger partial charge in [0.1, 0.15) is 5.75 Å². The van der Waals surface area contributed by atoms with E-state index in [2.05, 4.69) is 73.3 Å². The van der Waals surface area contributed by atoms with E-state index in [9.17, 15) is 5.11 Å². The van der Waals surface area contributed by atoms with Gasteiger partial charge in [0.15, 0.2) is 0 Å². The fraction of sp³-hybridized carbons (Fsp3) is 0.200. The van der Waals surface area contributed by atoms with Crippen molar-refractivity contribution in [2.24, 2.45) is 0 Å². The Labute approximate surface area is 163 Å². The average Bonchev–Trinajstić information content (AvgIpc) is 2.73. The van der Waals surface area contributed by atoms with Crippen LogP contribution in [0.25, 0.3) is 0 Å². The van der Waals surface area contributed by atoms with Crippen LogP contribution in [0.4, 0.5) is 0 Å². The fourth-order valence-corrected chi connectivity index (χ4v) is 8.14. The molecule has 3 rings (SSSR count). The highest BCUT2D eigenvalue weighted by molar-refractivity contribution is 7.88. The van der Waals surface area contributed by atoms with Gasteiger partial charge >= 0.3 is 0 Å². The lowest BCUT2D eigenvalue weighted by Crippen LogP contribution is -2.26. The Balaban J connectivity index is 2.09. The molecule has 0 aliphatic rings. The summed E-state index contributed by atoms with van der Waals surface area (Å²) in [5.41, 5.74) is 1.04. The Morgan fingerprint density at radius 1 is 0.741 bits per heavy atom. The van der Waals surface area contributed by atoms with E-state index in [1.807, 2.05) is 18.2 Å². The van der Waals surface area contributed by atoms with Crippen LogP contribution >= 0.6 is 7.26 Å². The highest BCUT2D eigenvalue weighted by Crippen LogP contribution is 2.60. The Bertz CT molecular complexity index is 803. The van der Waals surface area contributed by atoms with Crippen molar-refractivity contribution in [3.05, 3.63) is 103 Å². The number of hydrogen-bond acceptors (Lipinski definition) is 1. The summed E-state index contributed by atoms with van der Waals surface area (Å²) < 4.78 is 0. The van der Waals surface area contributed by atoms with Crippen molar-refractivity contribution >= 4 is 17.9 Å². The lowest BCUT2D eigenvalue weighted by molar-refractivity contribution is 0.470. The van der Waals surface area contributed by atoms with Crippen molar-refractivity contribution in [1.82, 2.24) is 0 Å². The molecule has 0 aliphatic heterocycles.